The third-order valence-electron chi connectivity index (χ3n) is 3.68. The van der Waals surface area contributed by atoms with Crippen LogP contribution in [0.2, 0.25) is 0 Å². The topological polar surface area (TPSA) is 64.9 Å². The van der Waals surface area contributed by atoms with E-state index in [1.807, 2.05) is 18.2 Å². The summed E-state index contributed by atoms with van der Waals surface area (Å²) in [7, 11) is 0. The third-order valence-corrected chi connectivity index (χ3v) is 3.68. The van der Waals surface area contributed by atoms with Crippen LogP contribution < -0.4 is 5.73 Å². The van der Waals surface area contributed by atoms with Gasteiger partial charge in [0, 0.05) is 0 Å². The number of rotatable bonds is 6. The fourth-order valence-electron chi connectivity index (χ4n) is 2.17. The van der Waals surface area contributed by atoms with Crippen molar-refractivity contribution < 1.29 is 4.52 Å². The lowest BCUT2D eigenvalue weighted by molar-refractivity contribution is 0.338. The second-order valence-corrected chi connectivity index (χ2v) is 5.70. The predicted molar refractivity (Wildman–Crippen MR) is 79.3 cm³/mol. The van der Waals surface area contributed by atoms with Crippen molar-refractivity contribution in [2.45, 2.75) is 51.5 Å². The van der Waals surface area contributed by atoms with Crippen LogP contribution in [0.1, 0.15) is 63.4 Å². The van der Waals surface area contributed by atoms with Crippen LogP contribution in [0.5, 0.6) is 0 Å². The summed E-state index contributed by atoms with van der Waals surface area (Å²) in [5, 5.41) is 4.13. The summed E-state index contributed by atoms with van der Waals surface area (Å²) in [5.74, 6) is 1.23. The molecule has 0 spiro atoms. The van der Waals surface area contributed by atoms with E-state index in [-0.39, 0.29) is 11.5 Å². The summed E-state index contributed by atoms with van der Waals surface area (Å²) in [4.78, 5) is 4.51. The van der Waals surface area contributed by atoms with Gasteiger partial charge in [0.2, 0.25) is 5.89 Å². The molecule has 1 aromatic carbocycles. The highest BCUT2D eigenvalue weighted by atomic mass is 16.5. The van der Waals surface area contributed by atoms with E-state index in [2.05, 4.69) is 43.0 Å². The van der Waals surface area contributed by atoms with Crippen LogP contribution in [-0.2, 0) is 5.41 Å². The van der Waals surface area contributed by atoms with E-state index in [0.717, 1.165) is 24.8 Å². The van der Waals surface area contributed by atoms with Crippen molar-refractivity contribution in [3.8, 4) is 0 Å². The second kappa shape index (κ2) is 6.18. The SMILES string of the molecule is CCCCC(N)c1nc(C(C)(C)c2ccccc2)no1. The molecule has 0 aliphatic heterocycles. The van der Waals surface area contributed by atoms with Gasteiger partial charge in [-0.1, -0.05) is 55.3 Å². The molecule has 4 nitrogen and oxygen atoms in total. The van der Waals surface area contributed by atoms with Gasteiger partial charge in [0.05, 0.1) is 11.5 Å². The highest BCUT2D eigenvalue weighted by Crippen LogP contribution is 2.29. The maximum Gasteiger partial charge on any atom is 0.243 e. The number of aromatic nitrogens is 2. The molecule has 2 N–H and O–H groups in total. The molecular formula is C16H23N3O. The van der Waals surface area contributed by atoms with Crippen molar-refractivity contribution in [3.63, 3.8) is 0 Å². The van der Waals surface area contributed by atoms with Crippen LogP contribution in [0.3, 0.4) is 0 Å². The average molecular weight is 273 g/mol. The molecule has 20 heavy (non-hydrogen) atoms. The lowest BCUT2D eigenvalue weighted by atomic mass is 9.84. The second-order valence-electron chi connectivity index (χ2n) is 5.70. The molecule has 0 saturated carbocycles. The number of unbranched alkanes of at least 4 members (excludes halogenated alkanes) is 1. The minimum absolute atomic E-state index is 0.164. The molecule has 2 rings (SSSR count). The average Bonchev–Trinajstić information content (AvgIpc) is 2.96. The summed E-state index contributed by atoms with van der Waals surface area (Å²) in [5.41, 5.74) is 6.96. The van der Waals surface area contributed by atoms with E-state index in [1.165, 1.54) is 0 Å². The van der Waals surface area contributed by atoms with Crippen molar-refractivity contribution in [1.82, 2.24) is 10.1 Å². The van der Waals surface area contributed by atoms with Gasteiger partial charge >= 0.3 is 0 Å². The Balaban J connectivity index is 2.19. The lowest BCUT2D eigenvalue weighted by Crippen LogP contribution is -2.21. The number of nitrogens with two attached hydrogens (primary N) is 1. The Kier molecular flexibility index (Phi) is 4.55. The van der Waals surface area contributed by atoms with Gasteiger partial charge in [-0.2, -0.15) is 4.98 Å². The Bertz CT molecular complexity index is 534. The van der Waals surface area contributed by atoms with Gasteiger partial charge in [0.15, 0.2) is 5.82 Å². The van der Waals surface area contributed by atoms with Crippen LogP contribution in [0, 0.1) is 0 Å². The van der Waals surface area contributed by atoms with E-state index >= 15 is 0 Å². The van der Waals surface area contributed by atoms with Crippen LogP contribution >= 0.6 is 0 Å². The van der Waals surface area contributed by atoms with Crippen molar-refractivity contribution >= 4 is 0 Å². The van der Waals surface area contributed by atoms with Crippen LogP contribution in [0.4, 0.5) is 0 Å². The number of hydrogen-bond acceptors (Lipinski definition) is 4. The Hall–Kier alpha value is -1.68. The summed E-state index contributed by atoms with van der Waals surface area (Å²) < 4.78 is 5.35. The zero-order valence-electron chi connectivity index (χ0n) is 12.5. The number of benzene rings is 1. The van der Waals surface area contributed by atoms with E-state index < -0.39 is 0 Å². The molecule has 2 aromatic rings. The first-order chi connectivity index (χ1) is 9.55. The van der Waals surface area contributed by atoms with Gasteiger partial charge in [-0.3, -0.25) is 0 Å². The fourth-order valence-corrected chi connectivity index (χ4v) is 2.17. The summed E-state index contributed by atoms with van der Waals surface area (Å²) in [6, 6.07) is 10.0. The predicted octanol–water partition coefficient (Wildman–Crippen LogP) is 3.59. The number of nitrogens with zero attached hydrogens (tertiary/aromatic N) is 2. The van der Waals surface area contributed by atoms with Gasteiger partial charge in [-0.05, 0) is 25.8 Å². The van der Waals surface area contributed by atoms with E-state index in [4.69, 9.17) is 10.3 Å². The maximum atomic E-state index is 6.08. The van der Waals surface area contributed by atoms with Crippen molar-refractivity contribution in [3.05, 3.63) is 47.6 Å². The largest absolute Gasteiger partial charge is 0.338 e. The highest BCUT2D eigenvalue weighted by Gasteiger charge is 2.29. The standard InChI is InChI=1S/C16H23N3O/c1-4-5-11-13(17)14-18-15(19-20-14)16(2,3)12-9-7-6-8-10-12/h6-10,13H,4-5,11,17H2,1-3H3. The van der Waals surface area contributed by atoms with Crippen LogP contribution in [-0.4, -0.2) is 10.1 Å². The van der Waals surface area contributed by atoms with Crippen LogP contribution in [0.15, 0.2) is 34.9 Å². The zero-order chi connectivity index (χ0) is 14.6. The minimum Gasteiger partial charge on any atom is -0.338 e. The van der Waals surface area contributed by atoms with E-state index in [1.54, 1.807) is 0 Å². The first-order valence-corrected chi connectivity index (χ1v) is 7.21. The van der Waals surface area contributed by atoms with Crippen molar-refractivity contribution in [2.24, 2.45) is 5.73 Å². The van der Waals surface area contributed by atoms with E-state index in [0.29, 0.717) is 11.7 Å². The lowest BCUT2D eigenvalue weighted by Gasteiger charge is -2.20. The molecule has 1 unspecified atom stereocenters. The van der Waals surface area contributed by atoms with Gasteiger partial charge < -0.3 is 10.3 Å². The van der Waals surface area contributed by atoms with Gasteiger partial charge in [-0.25, -0.2) is 0 Å². The molecule has 108 valence electrons. The molecule has 0 radical (unpaired) electrons. The first kappa shape index (κ1) is 14.7. The molecule has 0 bridgehead atoms. The first-order valence-electron chi connectivity index (χ1n) is 7.21. The van der Waals surface area contributed by atoms with Gasteiger partial charge in [-0.15, -0.1) is 0 Å². The molecule has 0 aliphatic rings. The molecule has 0 fully saturated rings. The Morgan fingerprint density at radius 3 is 2.60 bits per heavy atom. The van der Waals surface area contributed by atoms with Gasteiger partial charge in [0.1, 0.15) is 0 Å². The zero-order valence-corrected chi connectivity index (χ0v) is 12.5. The normalized spacial score (nSPS) is 13.4. The smallest absolute Gasteiger partial charge is 0.243 e. The quantitative estimate of drug-likeness (QED) is 0.873. The molecule has 1 aromatic heterocycles. The summed E-state index contributed by atoms with van der Waals surface area (Å²) >= 11 is 0. The molecule has 0 saturated heterocycles. The molecular weight excluding hydrogens is 250 g/mol. The summed E-state index contributed by atoms with van der Waals surface area (Å²) in [6.45, 7) is 6.33. The van der Waals surface area contributed by atoms with Gasteiger partial charge in [0.25, 0.3) is 0 Å². The van der Waals surface area contributed by atoms with Crippen LogP contribution in [0.25, 0.3) is 0 Å². The fraction of sp³-hybridized carbons (Fsp3) is 0.500. The summed E-state index contributed by atoms with van der Waals surface area (Å²) in [6.07, 6.45) is 3.06. The molecule has 0 amide bonds. The van der Waals surface area contributed by atoms with Crippen molar-refractivity contribution in [1.29, 1.82) is 0 Å². The molecule has 4 heteroatoms. The number of hydrogen-bond donors (Lipinski definition) is 1. The Morgan fingerprint density at radius 1 is 1.25 bits per heavy atom. The Morgan fingerprint density at radius 2 is 1.95 bits per heavy atom. The van der Waals surface area contributed by atoms with E-state index in [9.17, 15) is 0 Å². The Labute approximate surface area is 120 Å². The third kappa shape index (κ3) is 3.07. The minimum atomic E-state index is -0.284. The molecule has 1 heterocycles. The highest BCUT2D eigenvalue weighted by molar-refractivity contribution is 5.30. The molecule has 0 aliphatic carbocycles. The van der Waals surface area contributed by atoms with Crippen molar-refractivity contribution in [2.75, 3.05) is 0 Å². The molecule has 1 atom stereocenters. The maximum absolute atomic E-state index is 6.08. The monoisotopic (exact) mass is 273 g/mol.